The van der Waals surface area contributed by atoms with Crippen molar-refractivity contribution in [2.45, 2.75) is 38.5 Å². The van der Waals surface area contributed by atoms with E-state index in [-0.39, 0.29) is 0 Å². The zero-order valence-corrected chi connectivity index (χ0v) is 11.2. The van der Waals surface area contributed by atoms with Gasteiger partial charge in [0.05, 0.1) is 0 Å². The molecule has 0 aliphatic carbocycles. The van der Waals surface area contributed by atoms with Crippen LogP contribution in [0.2, 0.25) is 0 Å². The highest BCUT2D eigenvalue weighted by Gasteiger charge is 2.14. The fourth-order valence-corrected chi connectivity index (χ4v) is 2.37. The molecule has 0 radical (unpaired) electrons. The number of ether oxygens (including phenoxy) is 1. The molecule has 1 saturated heterocycles. The number of piperidine rings is 1. The molecular weight excluding hydrogens is 230 g/mol. The number of hydrogen-bond acceptors (Lipinski definition) is 5. The predicted octanol–water partition coefficient (Wildman–Crippen LogP) is 1.58. The summed E-state index contributed by atoms with van der Waals surface area (Å²) in [5.41, 5.74) is 0. The van der Waals surface area contributed by atoms with Gasteiger partial charge >= 0.3 is 0 Å². The maximum absolute atomic E-state index is 5.26. The van der Waals surface area contributed by atoms with Crippen molar-refractivity contribution in [1.29, 1.82) is 0 Å². The van der Waals surface area contributed by atoms with E-state index < -0.39 is 0 Å². The average Bonchev–Trinajstić information content (AvgIpc) is 2.86. The smallest absolute Gasteiger partial charge is 0.226 e. The van der Waals surface area contributed by atoms with Crippen LogP contribution in [0, 0.1) is 5.92 Å². The predicted molar refractivity (Wildman–Crippen MR) is 68.4 cm³/mol. The van der Waals surface area contributed by atoms with Gasteiger partial charge < -0.3 is 14.6 Å². The maximum atomic E-state index is 5.26. The fourth-order valence-electron chi connectivity index (χ4n) is 2.37. The SMILES string of the molecule is COCCCc1noc(CCC2CCCNC2)n1. The molecule has 0 spiro atoms. The van der Waals surface area contributed by atoms with Crippen LogP contribution in [0.4, 0.5) is 0 Å². The Labute approximate surface area is 108 Å². The van der Waals surface area contributed by atoms with Crippen LogP contribution in [-0.4, -0.2) is 36.9 Å². The Morgan fingerprint density at radius 1 is 1.44 bits per heavy atom. The second-order valence-corrected chi connectivity index (χ2v) is 4.95. The maximum Gasteiger partial charge on any atom is 0.226 e. The largest absolute Gasteiger partial charge is 0.385 e. The molecule has 2 heterocycles. The zero-order valence-electron chi connectivity index (χ0n) is 11.2. The molecule has 1 unspecified atom stereocenters. The van der Waals surface area contributed by atoms with Gasteiger partial charge in [0.2, 0.25) is 5.89 Å². The third-order valence-electron chi connectivity index (χ3n) is 3.42. The number of aromatic nitrogens is 2. The molecule has 1 fully saturated rings. The minimum Gasteiger partial charge on any atom is -0.385 e. The first kappa shape index (κ1) is 13.5. The molecule has 2 rings (SSSR count). The van der Waals surface area contributed by atoms with Crippen LogP contribution in [0.5, 0.6) is 0 Å². The average molecular weight is 253 g/mol. The first-order valence-electron chi connectivity index (χ1n) is 6.89. The number of nitrogens with zero attached hydrogens (tertiary/aromatic N) is 2. The lowest BCUT2D eigenvalue weighted by atomic mass is 9.95. The monoisotopic (exact) mass is 253 g/mol. The van der Waals surface area contributed by atoms with E-state index in [0.29, 0.717) is 0 Å². The van der Waals surface area contributed by atoms with Gasteiger partial charge in [-0.2, -0.15) is 4.98 Å². The molecule has 5 heteroatoms. The van der Waals surface area contributed by atoms with Crippen molar-refractivity contribution in [3.05, 3.63) is 11.7 Å². The normalized spacial score (nSPS) is 20.2. The molecule has 0 saturated carbocycles. The quantitative estimate of drug-likeness (QED) is 0.748. The van der Waals surface area contributed by atoms with E-state index in [0.717, 1.165) is 56.5 Å². The minimum absolute atomic E-state index is 0.748. The molecular formula is C13H23N3O2. The van der Waals surface area contributed by atoms with E-state index >= 15 is 0 Å². The number of aryl methyl sites for hydroxylation is 2. The summed E-state index contributed by atoms with van der Waals surface area (Å²) in [5.74, 6) is 2.36. The molecule has 1 N–H and O–H groups in total. The highest BCUT2D eigenvalue weighted by molar-refractivity contribution is 4.87. The van der Waals surface area contributed by atoms with Crippen LogP contribution in [-0.2, 0) is 17.6 Å². The molecule has 1 aliphatic rings. The van der Waals surface area contributed by atoms with Crippen molar-refractivity contribution in [2.24, 2.45) is 5.92 Å². The zero-order chi connectivity index (χ0) is 12.6. The summed E-state index contributed by atoms with van der Waals surface area (Å²) in [4.78, 5) is 4.41. The van der Waals surface area contributed by atoms with Gasteiger partial charge in [0.1, 0.15) is 0 Å². The molecule has 0 aromatic carbocycles. The van der Waals surface area contributed by atoms with Gasteiger partial charge in [0, 0.05) is 26.6 Å². The van der Waals surface area contributed by atoms with Crippen LogP contribution in [0.15, 0.2) is 4.52 Å². The van der Waals surface area contributed by atoms with E-state index in [1.165, 1.54) is 19.4 Å². The van der Waals surface area contributed by atoms with Gasteiger partial charge in [0.15, 0.2) is 5.82 Å². The van der Waals surface area contributed by atoms with Crippen LogP contribution in [0.25, 0.3) is 0 Å². The molecule has 1 aliphatic heterocycles. The van der Waals surface area contributed by atoms with Gasteiger partial charge in [-0.1, -0.05) is 5.16 Å². The third-order valence-corrected chi connectivity index (χ3v) is 3.42. The second-order valence-electron chi connectivity index (χ2n) is 4.95. The Balaban J connectivity index is 1.69. The van der Waals surface area contributed by atoms with Gasteiger partial charge in [-0.25, -0.2) is 0 Å². The molecule has 18 heavy (non-hydrogen) atoms. The summed E-state index contributed by atoms with van der Waals surface area (Å²) in [6, 6.07) is 0. The van der Waals surface area contributed by atoms with Crippen LogP contribution in [0.3, 0.4) is 0 Å². The van der Waals surface area contributed by atoms with Crippen molar-refractivity contribution in [1.82, 2.24) is 15.5 Å². The summed E-state index contributed by atoms with van der Waals surface area (Å²) in [7, 11) is 1.71. The Bertz CT molecular complexity index is 335. The van der Waals surface area contributed by atoms with Crippen LogP contribution in [0.1, 0.15) is 37.4 Å². The van der Waals surface area contributed by atoms with Gasteiger partial charge in [-0.05, 0) is 44.7 Å². The molecule has 1 aromatic heterocycles. The third kappa shape index (κ3) is 4.38. The van der Waals surface area contributed by atoms with E-state index in [2.05, 4.69) is 15.5 Å². The number of hydrogen-bond donors (Lipinski definition) is 1. The van der Waals surface area contributed by atoms with Crippen molar-refractivity contribution >= 4 is 0 Å². The topological polar surface area (TPSA) is 60.2 Å². The second kappa shape index (κ2) is 7.48. The lowest BCUT2D eigenvalue weighted by Crippen LogP contribution is -2.29. The van der Waals surface area contributed by atoms with E-state index in [4.69, 9.17) is 9.26 Å². The summed E-state index contributed by atoms with van der Waals surface area (Å²) in [5, 5.41) is 7.42. The molecule has 0 amide bonds. The van der Waals surface area contributed by atoms with E-state index in [1.807, 2.05) is 0 Å². The first-order chi connectivity index (χ1) is 8.88. The summed E-state index contributed by atoms with van der Waals surface area (Å²) < 4.78 is 10.3. The van der Waals surface area contributed by atoms with E-state index in [1.54, 1.807) is 7.11 Å². The summed E-state index contributed by atoms with van der Waals surface area (Å²) in [6.07, 6.45) is 6.44. The Hall–Kier alpha value is -0.940. The lowest BCUT2D eigenvalue weighted by molar-refractivity contribution is 0.194. The molecule has 0 bridgehead atoms. The van der Waals surface area contributed by atoms with Crippen LogP contribution >= 0.6 is 0 Å². The highest BCUT2D eigenvalue weighted by atomic mass is 16.5. The Kier molecular flexibility index (Phi) is 5.61. The highest BCUT2D eigenvalue weighted by Crippen LogP contribution is 2.16. The summed E-state index contributed by atoms with van der Waals surface area (Å²) in [6.45, 7) is 3.05. The summed E-state index contributed by atoms with van der Waals surface area (Å²) >= 11 is 0. The van der Waals surface area contributed by atoms with Crippen LogP contribution < -0.4 is 5.32 Å². The van der Waals surface area contributed by atoms with Crippen molar-refractivity contribution < 1.29 is 9.26 Å². The number of rotatable bonds is 7. The Morgan fingerprint density at radius 2 is 2.39 bits per heavy atom. The molecule has 5 nitrogen and oxygen atoms in total. The standard InChI is InChI=1S/C13H23N3O2/c1-17-9-3-5-12-15-13(18-16-12)7-6-11-4-2-8-14-10-11/h11,14H,2-10H2,1H3. The minimum atomic E-state index is 0.748. The fraction of sp³-hybridized carbons (Fsp3) is 0.846. The molecule has 1 aromatic rings. The Morgan fingerprint density at radius 3 is 3.17 bits per heavy atom. The number of methoxy groups -OCH3 is 1. The van der Waals surface area contributed by atoms with E-state index in [9.17, 15) is 0 Å². The van der Waals surface area contributed by atoms with Crippen molar-refractivity contribution in [3.8, 4) is 0 Å². The lowest BCUT2D eigenvalue weighted by Gasteiger charge is -2.21. The van der Waals surface area contributed by atoms with Gasteiger partial charge in [-0.3, -0.25) is 0 Å². The first-order valence-corrected chi connectivity index (χ1v) is 6.89. The van der Waals surface area contributed by atoms with Crippen molar-refractivity contribution in [3.63, 3.8) is 0 Å². The molecule has 1 atom stereocenters. The van der Waals surface area contributed by atoms with Crippen molar-refractivity contribution in [2.75, 3.05) is 26.8 Å². The molecule has 102 valence electrons. The van der Waals surface area contributed by atoms with Gasteiger partial charge in [0.25, 0.3) is 0 Å². The number of nitrogens with one attached hydrogen (secondary N) is 1. The van der Waals surface area contributed by atoms with Gasteiger partial charge in [-0.15, -0.1) is 0 Å².